The standard InChI is InChI=1S/C15H18BrF2NO/c1-2-5-11-6-3-4-7-19(11)15(20)14-12(17)8-10(16)9-13(14)18/h8-9,11H,2-7H2,1H3. The molecule has 0 radical (unpaired) electrons. The maximum Gasteiger partial charge on any atom is 0.260 e. The summed E-state index contributed by atoms with van der Waals surface area (Å²) in [6, 6.07) is 2.37. The zero-order valence-corrected chi connectivity index (χ0v) is 13.1. The number of hydrogen-bond acceptors (Lipinski definition) is 1. The van der Waals surface area contributed by atoms with E-state index in [9.17, 15) is 13.6 Å². The van der Waals surface area contributed by atoms with Crippen molar-refractivity contribution in [2.75, 3.05) is 6.54 Å². The van der Waals surface area contributed by atoms with Crippen molar-refractivity contribution in [3.05, 3.63) is 33.8 Å². The molecule has 110 valence electrons. The summed E-state index contributed by atoms with van der Waals surface area (Å²) in [7, 11) is 0. The molecule has 1 aliphatic rings. The third-order valence-corrected chi connectivity index (χ3v) is 4.19. The van der Waals surface area contributed by atoms with E-state index in [1.165, 1.54) is 0 Å². The first-order chi connectivity index (χ1) is 9.54. The van der Waals surface area contributed by atoms with Gasteiger partial charge in [-0.05, 0) is 37.8 Å². The average molecular weight is 346 g/mol. The van der Waals surface area contributed by atoms with Crippen molar-refractivity contribution in [2.24, 2.45) is 0 Å². The van der Waals surface area contributed by atoms with Crippen LogP contribution in [0.15, 0.2) is 16.6 Å². The van der Waals surface area contributed by atoms with Crippen molar-refractivity contribution in [1.29, 1.82) is 0 Å². The molecule has 1 aliphatic heterocycles. The zero-order valence-electron chi connectivity index (χ0n) is 11.5. The van der Waals surface area contributed by atoms with Crippen LogP contribution in [0.2, 0.25) is 0 Å². The third kappa shape index (κ3) is 3.19. The monoisotopic (exact) mass is 345 g/mol. The van der Waals surface area contributed by atoms with Gasteiger partial charge >= 0.3 is 0 Å². The van der Waals surface area contributed by atoms with Gasteiger partial charge in [0, 0.05) is 17.1 Å². The van der Waals surface area contributed by atoms with E-state index in [0.717, 1.165) is 44.2 Å². The molecule has 1 saturated heterocycles. The summed E-state index contributed by atoms with van der Waals surface area (Å²) >= 11 is 3.02. The molecule has 0 N–H and O–H groups in total. The number of likely N-dealkylation sites (tertiary alicyclic amines) is 1. The average Bonchev–Trinajstić information content (AvgIpc) is 2.38. The molecular weight excluding hydrogens is 328 g/mol. The van der Waals surface area contributed by atoms with Crippen LogP contribution in [-0.4, -0.2) is 23.4 Å². The van der Waals surface area contributed by atoms with E-state index in [2.05, 4.69) is 22.9 Å². The molecule has 2 rings (SSSR count). The number of amides is 1. The molecule has 1 amide bonds. The van der Waals surface area contributed by atoms with Crippen LogP contribution in [0.1, 0.15) is 49.4 Å². The van der Waals surface area contributed by atoms with Gasteiger partial charge in [-0.3, -0.25) is 4.79 Å². The lowest BCUT2D eigenvalue weighted by Crippen LogP contribution is -2.44. The normalized spacial score (nSPS) is 19.2. The van der Waals surface area contributed by atoms with E-state index in [4.69, 9.17) is 0 Å². The van der Waals surface area contributed by atoms with E-state index in [1.54, 1.807) is 4.90 Å². The second kappa shape index (κ2) is 6.66. The van der Waals surface area contributed by atoms with Crippen LogP contribution in [0.5, 0.6) is 0 Å². The Morgan fingerprint density at radius 3 is 2.60 bits per heavy atom. The third-order valence-electron chi connectivity index (χ3n) is 3.73. The van der Waals surface area contributed by atoms with Crippen molar-refractivity contribution in [1.82, 2.24) is 4.90 Å². The maximum absolute atomic E-state index is 13.9. The van der Waals surface area contributed by atoms with Crippen LogP contribution in [-0.2, 0) is 0 Å². The van der Waals surface area contributed by atoms with Gasteiger partial charge in [0.2, 0.25) is 0 Å². The number of carbonyl (C=O) groups excluding carboxylic acids is 1. The molecule has 5 heteroatoms. The number of rotatable bonds is 3. The first kappa shape index (κ1) is 15.4. The van der Waals surface area contributed by atoms with Crippen LogP contribution in [0.25, 0.3) is 0 Å². The molecule has 2 nitrogen and oxygen atoms in total. The molecule has 1 aromatic carbocycles. The summed E-state index contributed by atoms with van der Waals surface area (Å²) in [5.41, 5.74) is -0.434. The lowest BCUT2D eigenvalue weighted by molar-refractivity contribution is 0.0590. The fourth-order valence-corrected chi connectivity index (χ4v) is 3.19. The highest BCUT2D eigenvalue weighted by molar-refractivity contribution is 9.10. The Balaban J connectivity index is 2.30. The number of hydrogen-bond donors (Lipinski definition) is 0. The Kier molecular flexibility index (Phi) is 5.13. The molecule has 0 spiro atoms. The van der Waals surface area contributed by atoms with Gasteiger partial charge in [-0.25, -0.2) is 8.78 Å². The van der Waals surface area contributed by atoms with E-state index in [0.29, 0.717) is 11.0 Å². The zero-order chi connectivity index (χ0) is 14.7. The minimum absolute atomic E-state index is 0.101. The van der Waals surface area contributed by atoms with Gasteiger partial charge in [0.05, 0.1) is 0 Å². The predicted molar refractivity (Wildman–Crippen MR) is 77.6 cm³/mol. The van der Waals surface area contributed by atoms with E-state index >= 15 is 0 Å². The van der Waals surface area contributed by atoms with Crippen LogP contribution in [0.4, 0.5) is 8.78 Å². The summed E-state index contributed by atoms with van der Waals surface area (Å²) in [4.78, 5) is 14.1. The summed E-state index contributed by atoms with van der Waals surface area (Å²) in [6.07, 6.45) is 4.72. The van der Waals surface area contributed by atoms with Gasteiger partial charge in [0.25, 0.3) is 5.91 Å². The van der Waals surface area contributed by atoms with Gasteiger partial charge in [-0.15, -0.1) is 0 Å². The molecule has 0 aliphatic carbocycles. The van der Waals surface area contributed by atoms with Crippen LogP contribution < -0.4 is 0 Å². The Morgan fingerprint density at radius 2 is 2.00 bits per heavy atom. The van der Waals surface area contributed by atoms with Crippen molar-refractivity contribution in [3.63, 3.8) is 0 Å². The first-order valence-electron chi connectivity index (χ1n) is 7.00. The minimum atomic E-state index is -0.803. The van der Waals surface area contributed by atoms with Crippen molar-refractivity contribution in [3.8, 4) is 0 Å². The van der Waals surface area contributed by atoms with Gasteiger partial charge in [-0.1, -0.05) is 29.3 Å². The maximum atomic E-state index is 13.9. The van der Waals surface area contributed by atoms with Crippen molar-refractivity contribution >= 4 is 21.8 Å². The largest absolute Gasteiger partial charge is 0.335 e. The first-order valence-corrected chi connectivity index (χ1v) is 7.79. The predicted octanol–water partition coefficient (Wildman–Crippen LogP) is 4.52. The minimum Gasteiger partial charge on any atom is -0.335 e. The van der Waals surface area contributed by atoms with Crippen LogP contribution >= 0.6 is 15.9 Å². The van der Waals surface area contributed by atoms with E-state index < -0.39 is 23.1 Å². The van der Waals surface area contributed by atoms with Gasteiger partial charge in [0.15, 0.2) is 0 Å². The van der Waals surface area contributed by atoms with Gasteiger partial charge < -0.3 is 4.90 Å². The number of piperidine rings is 1. The fourth-order valence-electron chi connectivity index (χ4n) is 2.79. The van der Waals surface area contributed by atoms with Crippen molar-refractivity contribution in [2.45, 2.75) is 45.1 Å². The SMILES string of the molecule is CCCC1CCCCN1C(=O)c1c(F)cc(Br)cc1F. The Labute approximate surface area is 126 Å². The molecule has 1 unspecified atom stereocenters. The highest BCUT2D eigenvalue weighted by atomic mass is 79.9. The van der Waals surface area contributed by atoms with Gasteiger partial charge in [-0.2, -0.15) is 0 Å². The fraction of sp³-hybridized carbons (Fsp3) is 0.533. The number of carbonyl (C=O) groups is 1. The number of halogens is 3. The highest BCUT2D eigenvalue weighted by Crippen LogP contribution is 2.26. The summed E-state index contributed by atoms with van der Waals surface area (Å²) < 4.78 is 28.1. The molecule has 1 aromatic rings. The van der Waals surface area contributed by atoms with Crippen LogP contribution in [0, 0.1) is 11.6 Å². The van der Waals surface area contributed by atoms with Crippen molar-refractivity contribution < 1.29 is 13.6 Å². The lowest BCUT2D eigenvalue weighted by atomic mass is 9.97. The topological polar surface area (TPSA) is 20.3 Å². The summed E-state index contributed by atoms with van der Waals surface area (Å²) in [5.74, 6) is -2.13. The lowest BCUT2D eigenvalue weighted by Gasteiger charge is -2.36. The van der Waals surface area contributed by atoms with E-state index in [-0.39, 0.29) is 6.04 Å². The second-order valence-electron chi connectivity index (χ2n) is 5.18. The molecule has 0 aromatic heterocycles. The summed E-state index contributed by atoms with van der Waals surface area (Å²) in [6.45, 7) is 2.64. The Hall–Kier alpha value is -0.970. The smallest absolute Gasteiger partial charge is 0.260 e. The Morgan fingerprint density at radius 1 is 1.35 bits per heavy atom. The number of nitrogens with zero attached hydrogens (tertiary/aromatic N) is 1. The molecule has 1 heterocycles. The molecular formula is C15H18BrF2NO. The molecule has 0 bridgehead atoms. The van der Waals surface area contributed by atoms with Crippen LogP contribution in [0.3, 0.4) is 0 Å². The number of benzene rings is 1. The highest BCUT2D eigenvalue weighted by Gasteiger charge is 2.30. The molecule has 0 saturated carbocycles. The van der Waals surface area contributed by atoms with E-state index in [1.807, 2.05) is 0 Å². The molecule has 20 heavy (non-hydrogen) atoms. The summed E-state index contributed by atoms with van der Waals surface area (Å²) in [5, 5.41) is 0. The molecule has 1 atom stereocenters. The quantitative estimate of drug-likeness (QED) is 0.788. The van der Waals surface area contributed by atoms with Gasteiger partial charge in [0.1, 0.15) is 17.2 Å². The second-order valence-corrected chi connectivity index (χ2v) is 6.10. The Bertz CT molecular complexity index is 482. The molecule has 1 fully saturated rings.